The molecule has 0 heterocycles. The van der Waals surface area contributed by atoms with Crippen LogP contribution in [0.3, 0.4) is 0 Å². The largest absolute Gasteiger partial charge is 0.444 e. The summed E-state index contributed by atoms with van der Waals surface area (Å²) in [6.45, 7) is 1.59. The van der Waals surface area contributed by atoms with Crippen molar-refractivity contribution in [2.24, 2.45) is 0 Å². The Hall–Kier alpha value is -2.21. The molecule has 0 aromatic heterocycles. The number of hydrogen-bond donors (Lipinski definition) is 2. The predicted octanol–water partition coefficient (Wildman–Crippen LogP) is 5.42. The zero-order valence-electron chi connectivity index (χ0n) is 13.7. The van der Waals surface area contributed by atoms with Crippen LogP contribution in [0.5, 0.6) is 0 Å². The van der Waals surface area contributed by atoms with E-state index in [0.29, 0.717) is 32.0 Å². The number of amides is 2. The summed E-state index contributed by atoms with van der Waals surface area (Å²) >= 11 is 17.5. The third-order valence-electron chi connectivity index (χ3n) is 3.11. The fourth-order valence-corrected chi connectivity index (χ4v) is 2.37. The lowest BCUT2D eigenvalue weighted by molar-refractivity contribution is -0.112. The van der Waals surface area contributed by atoms with E-state index < -0.39 is 12.0 Å². The average molecular weight is 414 g/mol. The van der Waals surface area contributed by atoms with E-state index >= 15 is 0 Å². The Morgan fingerprint density at radius 3 is 2.38 bits per heavy atom. The summed E-state index contributed by atoms with van der Waals surface area (Å²) in [5, 5.41) is 6.48. The van der Waals surface area contributed by atoms with Crippen LogP contribution in [0.15, 0.2) is 54.2 Å². The molecule has 0 unspecified atom stereocenters. The van der Waals surface area contributed by atoms with Crippen molar-refractivity contribution in [2.75, 3.05) is 5.32 Å². The van der Waals surface area contributed by atoms with E-state index in [0.717, 1.165) is 0 Å². The van der Waals surface area contributed by atoms with Gasteiger partial charge < -0.3 is 10.1 Å². The van der Waals surface area contributed by atoms with Gasteiger partial charge in [0.05, 0.1) is 10.0 Å². The number of benzene rings is 2. The first-order valence-electron chi connectivity index (χ1n) is 7.46. The number of ether oxygens (including phenoxy) is 1. The number of nitrogens with one attached hydrogen (secondary N) is 2. The van der Waals surface area contributed by atoms with Gasteiger partial charge in [0.25, 0.3) is 0 Å². The van der Waals surface area contributed by atoms with Crippen molar-refractivity contribution in [3.05, 3.63) is 74.9 Å². The third-order valence-corrected chi connectivity index (χ3v) is 4.10. The molecule has 0 aliphatic rings. The summed E-state index contributed by atoms with van der Waals surface area (Å²) in [7, 11) is 0. The number of alkyl carbamates (subject to hydrolysis) is 1. The average Bonchev–Trinajstić information content (AvgIpc) is 2.57. The maximum Gasteiger partial charge on any atom is 0.411 e. The normalized spacial score (nSPS) is 11.0. The Morgan fingerprint density at radius 2 is 1.73 bits per heavy atom. The van der Waals surface area contributed by atoms with Crippen molar-refractivity contribution in [1.29, 1.82) is 0 Å². The van der Waals surface area contributed by atoms with Gasteiger partial charge in [0.2, 0.25) is 5.91 Å². The van der Waals surface area contributed by atoms with Crippen molar-refractivity contribution < 1.29 is 14.3 Å². The standard InChI is InChI=1S/C18H15Cl3N2O3/c1-11(8-17(24)23-14-5-3-13(19)4-6-14)22-18(25)26-10-12-2-7-15(20)16(21)9-12/h2-9H,10H2,1H3,(H,22,25)(H,23,24). The Labute approximate surface area is 165 Å². The topological polar surface area (TPSA) is 67.4 Å². The molecule has 2 amide bonds. The molecular weight excluding hydrogens is 399 g/mol. The molecule has 2 rings (SSSR count). The van der Waals surface area contributed by atoms with Crippen molar-refractivity contribution in [2.45, 2.75) is 13.5 Å². The van der Waals surface area contributed by atoms with Gasteiger partial charge in [-0.3, -0.25) is 10.1 Å². The van der Waals surface area contributed by atoms with Gasteiger partial charge in [-0.15, -0.1) is 0 Å². The summed E-state index contributed by atoms with van der Waals surface area (Å²) in [5.41, 5.74) is 1.61. The van der Waals surface area contributed by atoms with Crippen LogP contribution in [0.25, 0.3) is 0 Å². The Kier molecular flexibility index (Phi) is 7.33. The number of halogens is 3. The second-order valence-corrected chi connectivity index (χ2v) is 6.52. The van der Waals surface area contributed by atoms with E-state index in [4.69, 9.17) is 39.5 Å². The van der Waals surface area contributed by atoms with Gasteiger partial charge in [0.1, 0.15) is 6.61 Å². The lowest BCUT2D eigenvalue weighted by Gasteiger charge is -2.08. The fourth-order valence-electron chi connectivity index (χ4n) is 1.92. The van der Waals surface area contributed by atoms with Crippen LogP contribution in [0.1, 0.15) is 12.5 Å². The van der Waals surface area contributed by atoms with Gasteiger partial charge in [-0.1, -0.05) is 40.9 Å². The van der Waals surface area contributed by atoms with Crippen molar-refractivity contribution in [3.63, 3.8) is 0 Å². The highest BCUT2D eigenvalue weighted by atomic mass is 35.5. The number of anilines is 1. The predicted molar refractivity (Wildman–Crippen MR) is 104 cm³/mol. The monoisotopic (exact) mass is 412 g/mol. The number of carbonyl (C=O) groups is 2. The van der Waals surface area contributed by atoms with E-state index in [2.05, 4.69) is 10.6 Å². The first-order valence-corrected chi connectivity index (χ1v) is 8.59. The van der Waals surface area contributed by atoms with Gasteiger partial charge in [-0.2, -0.15) is 0 Å². The zero-order valence-corrected chi connectivity index (χ0v) is 16.0. The highest BCUT2D eigenvalue weighted by Crippen LogP contribution is 2.22. The minimum absolute atomic E-state index is 0.0208. The molecule has 0 spiro atoms. The molecule has 136 valence electrons. The molecule has 2 aromatic rings. The third kappa shape index (κ3) is 6.59. The molecule has 0 aliphatic carbocycles. The summed E-state index contributed by atoms with van der Waals surface area (Å²) < 4.78 is 5.07. The molecule has 26 heavy (non-hydrogen) atoms. The van der Waals surface area contributed by atoms with Crippen LogP contribution in [0.4, 0.5) is 10.5 Å². The van der Waals surface area contributed by atoms with E-state index in [1.165, 1.54) is 6.08 Å². The maximum atomic E-state index is 11.9. The Bertz CT molecular complexity index is 836. The number of carbonyl (C=O) groups excluding carboxylic acids is 2. The number of hydrogen-bond acceptors (Lipinski definition) is 3. The van der Waals surface area contributed by atoms with Crippen molar-refractivity contribution >= 4 is 52.5 Å². The lowest BCUT2D eigenvalue weighted by atomic mass is 10.2. The highest BCUT2D eigenvalue weighted by Gasteiger charge is 2.07. The maximum absolute atomic E-state index is 11.9. The Morgan fingerprint density at radius 1 is 1.04 bits per heavy atom. The summed E-state index contributed by atoms with van der Waals surface area (Å²) in [6, 6.07) is 11.6. The molecule has 2 N–H and O–H groups in total. The van der Waals surface area contributed by atoms with Gasteiger partial charge in [-0.25, -0.2) is 4.79 Å². The molecule has 0 fully saturated rings. The molecule has 0 atom stereocenters. The summed E-state index contributed by atoms with van der Waals surface area (Å²) in [5.74, 6) is -0.394. The molecular formula is C18H15Cl3N2O3. The van der Waals surface area contributed by atoms with E-state index in [-0.39, 0.29) is 6.61 Å². The molecule has 5 nitrogen and oxygen atoms in total. The first kappa shape index (κ1) is 20.1. The first-order chi connectivity index (χ1) is 12.3. The SMILES string of the molecule is CC(=CC(=O)Nc1ccc(Cl)cc1)NC(=O)OCc1ccc(Cl)c(Cl)c1. The number of rotatable bonds is 5. The second-order valence-electron chi connectivity index (χ2n) is 5.27. The van der Waals surface area contributed by atoms with Gasteiger partial charge in [0.15, 0.2) is 0 Å². The summed E-state index contributed by atoms with van der Waals surface area (Å²) in [6.07, 6.45) is 0.554. The quantitative estimate of drug-likeness (QED) is 0.644. The highest BCUT2D eigenvalue weighted by molar-refractivity contribution is 6.42. The number of allylic oxidation sites excluding steroid dienone is 1. The minimum Gasteiger partial charge on any atom is -0.444 e. The van der Waals surface area contributed by atoms with Crippen LogP contribution in [-0.2, 0) is 16.1 Å². The minimum atomic E-state index is -0.691. The van der Waals surface area contributed by atoms with Crippen LogP contribution in [0, 0.1) is 0 Å². The van der Waals surface area contributed by atoms with Gasteiger partial charge >= 0.3 is 6.09 Å². The van der Waals surface area contributed by atoms with Crippen LogP contribution >= 0.6 is 34.8 Å². The molecule has 0 bridgehead atoms. The molecule has 0 aliphatic heterocycles. The second kappa shape index (κ2) is 9.48. The van der Waals surface area contributed by atoms with Crippen LogP contribution in [-0.4, -0.2) is 12.0 Å². The zero-order chi connectivity index (χ0) is 19.1. The van der Waals surface area contributed by atoms with Crippen molar-refractivity contribution in [3.8, 4) is 0 Å². The van der Waals surface area contributed by atoms with Gasteiger partial charge in [0, 0.05) is 22.5 Å². The van der Waals surface area contributed by atoms with E-state index in [9.17, 15) is 9.59 Å². The molecule has 8 heteroatoms. The molecule has 2 aromatic carbocycles. The Balaban J connectivity index is 1.83. The van der Waals surface area contributed by atoms with Crippen LogP contribution < -0.4 is 10.6 Å². The summed E-state index contributed by atoms with van der Waals surface area (Å²) in [4.78, 5) is 23.7. The van der Waals surface area contributed by atoms with E-state index in [1.807, 2.05) is 0 Å². The smallest absolute Gasteiger partial charge is 0.411 e. The molecule has 0 radical (unpaired) electrons. The van der Waals surface area contributed by atoms with Crippen molar-refractivity contribution in [1.82, 2.24) is 5.32 Å². The fraction of sp³-hybridized carbons (Fsp3) is 0.111. The van der Waals surface area contributed by atoms with Gasteiger partial charge in [-0.05, 0) is 48.9 Å². The molecule has 0 saturated carbocycles. The van der Waals surface area contributed by atoms with E-state index in [1.54, 1.807) is 49.4 Å². The molecule has 0 saturated heterocycles. The van der Waals surface area contributed by atoms with Crippen LogP contribution in [0.2, 0.25) is 15.1 Å². The lowest BCUT2D eigenvalue weighted by Crippen LogP contribution is -2.23.